The van der Waals surface area contributed by atoms with Crippen molar-refractivity contribution in [1.29, 1.82) is 0 Å². The molecule has 3 rings (SSSR count). The SMILES string of the molecule is NC(=O)CC(c1ccc(C(=O)N[C@@H](CCC(=O)O)C(=O)O)cc1)c1c[nH]c2nc(N)[nH]c(=O)c12. The van der Waals surface area contributed by atoms with Crippen molar-refractivity contribution in [3.63, 3.8) is 0 Å². The first-order valence-corrected chi connectivity index (χ1v) is 10.1. The lowest BCUT2D eigenvalue weighted by Gasteiger charge is -2.17. The maximum absolute atomic E-state index is 12.5. The molecule has 1 unspecified atom stereocenters. The molecular weight excluding hydrogens is 448 g/mol. The minimum atomic E-state index is -1.37. The van der Waals surface area contributed by atoms with Gasteiger partial charge in [0.05, 0.1) is 5.39 Å². The molecule has 0 saturated heterocycles. The Morgan fingerprint density at radius 1 is 1.12 bits per heavy atom. The van der Waals surface area contributed by atoms with Crippen LogP contribution >= 0.6 is 0 Å². The second kappa shape index (κ2) is 9.85. The maximum atomic E-state index is 12.5. The lowest BCUT2D eigenvalue weighted by atomic mass is 9.88. The zero-order chi connectivity index (χ0) is 25.0. The number of H-pyrrole nitrogens is 2. The summed E-state index contributed by atoms with van der Waals surface area (Å²) in [5, 5.41) is 20.5. The fourth-order valence-electron chi connectivity index (χ4n) is 3.60. The third-order valence-corrected chi connectivity index (χ3v) is 5.20. The first-order chi connectivity index (χ1) is 16.1. The predicted molar refractivity (Wildman–Crippen MR) is 119 cm³/mol. The highest BCUT2D eigenvalue weighted by Crippen LogP contribution is 2.31. The van der Waals surface area contributed by atoms with Crippen molar-refractivity contribution in [2.24, 2.45) is 5.73 Å². The Bertz CT molecular complexity index is 1310. The number of benzene rings is 1. The Balaban J connectivity index is 1.89. The molecule has 0 saturated carbocycles. The number of anilines is 1. The number of nitrogens with two attached hydrogens (primary N) is 2. The number of nitrogen functional groups attached to an aromatic ring is 1. The van der Waals surface area contributed by atoms with E-state index in [1.54, 1.807) is 12.1 Å². The van der Waals surface area contributed by atoms with Gasteiger partial charge in [-0.2, -0.15) is 4.98 Å². The first kappa shape index (κ1) is 24.0. The van der Waals surface area contributed by atoms with E-state index in [1.165, 1.54) is 18.3 Å². The maximum Gasteiger partial charge on any atom is 0.326 e. The Hall–Kier alpha value is -4.68. The summed E-state index contributed by atoms with van der Waals surface area (Å²) < 4.78 is 0. The number of fused-ring (bicyclic) bond motifs is 1. The lowest BCUT2D eigenvalue weighted by Crippen LogP contribution is -2.41. The van der Waals surface area contributed by atoms with Crippen LogP contribution in [0.5, 0.6) is 0 Å². The van der Waals surface area contributed by atoms with Crippen LogP contribution in [0.4, 0.5) is 5.95 Å². The van der Waals surface area contributed by atoms with Gasteiger partial charge in [0.15, 0.2) is 0 Å². The Labute approximate surface area is 191 Å². The number of carbonyl (C=O) groups excluding carboxylic acids is 2. The molecule has 9 N–H and O–H groups in total. The largest absolute Gasteiger partial charge is 0.481 e. The minimum absolute atomic E-state index is 0.0734. The van der Waals surface area contributed by atoms with Gasteiger partial charge in [-0.05, 0) is 29.7 Å². The Kier molecular flexibility index (Phi) is 6.95. The van der Waals surface area contributed by atoms with Gasteiger partial charge in [-0.3, -0.25) is 24.2 Å². The van der Waals surface area contributed by atoms with Crippen molar-refractivity contribution in [2.45, 2.75) is 31.2 Å². The highest BCUT2D eigenvalue weighted by atomic mass is 16.4. The van der Waals surface area contributed by atoms with Crippen LogP contribution in [-0.2, 0) is 14.4 Å². The molecule has 0 spiro atoms. The average Bonchev–Trinajstić information content (AvgIpc) is 3.18. The Morgan fingerprint density at radius 3 is 2.38 bits per heavy atom. The normalized spacial score (nSPS) is 12.7. The third-order valence-electron chi connectivity index (χ3n) is 5.20. The van der Waals surface area contributed by atoms with Gasteiger partial charge in [-0.25, -0.2) is 4.79 Å². The molecule has 34 heavy (non-hydrogen) atoms. The van der Waals surface area contributed by atoms with Crippen LogP contribution in [0.25, 0.3) is 11.0 Å². The van der Waals surface area contributed by atoms with E-state index in [4.69, 9.17) is 16.6 Å². The lowest BCUT2D eigenvalue weighted by molar-refractivity contribution is -0.140. The van der Waals surface area contributed by atoms with E-state index in [1.807, 2.05) is 0 Å². The van der Waals surface area contributed by atoms with Crippen molar-refractivity contribution in [3.8, 4) is 0 Å². The molecule has 3 aromatic rings. The van der Waals surface area contributed by atoms with E-state index in [-0.39, 0.29) is 35.4 Å². The second-order valence-corrected chi connectivity index (χ2v) is 7.56. The predicted octanol–water partition coefficient (Wildman–Crippen LogP) is -0.111. The zero-order valence-electron chi connectivity index (χ0n) is 17.7. The summed E-state index contributed by atoms with van der Waals surface area (Å²) >= 11 is 0. The number of rotatable bonds is 10. The molecule has 1 aromatic carbocycles. The molecule has 2 amide bonds. The smallest absolute Gasteiger partial charge is 0.326 e. The highest BCUT2D eigenvalue weighted by molar-refractivity contribution is 5.96. The molecule has 0 fully saturated rings. The molecule has 178 valence electrons. The number of aliphatic carboxylic acids is 2. The summed E-state index contributed by atoms with van der Waals surface area (Å²) in [6.07, 6.45) is 0.692. The summed E-state index contributed by atoms with van der Waals surface area (Å²) in [5.74, 6) is -4.58. The van der Waals surface area contributed by atoms with Gasteiger partial charge in [-0.1, -0.05) is 12.1 Å². The van der Waals surface area contributed by atoms with E-state index in [0.29, 0.717) is 11.1 Å². The molecule has 2 heterocycles. The molecule has 0 bridgehead atoms. The highest BCUT2D eigenvalue weighted by Gasteiger charge is 2.24. The topological polar surface area (TPSA) is 234 Å². The number of carboxylic acid groups (broad SMARTS) is 2. The number of primary amides is 1. The molecule has 0 aliphatic rings. The van der Waals surface area contributed by atoms with Gasteiger partial charge in [0.25, 0.3) is 11.5 Å². The van der Waals surface area contributed by atoms with E-state index in [0.717, 1.165) is 0 Å². The van der Waals surface area contributed by atoms with E-state index in [9.17, 15) is 29.1 Å². The molecule has 2 atom stereocenters. The summed E-state index contributed by atoms with van der Waals surface area (Å²) in [5.41, 5.74) is 11.9. The van der Waals surface area contributed by atoms with E-state index in [2.05, 4.69) is 20.3 Å². The van der Waals surface area contributed by atoms with Crippen LogP contribution < -0.4 is 22.3 Å². The molecular formula is C21H22N6O7. The third kappa shape index (κ3) is 5.38. The van der Waals surface area contributed by atoms with Crippen molar-refractivity contribution in [3.05, 3.63) is 57.5 Å². The molecule has 13 nitrogen and oxygen atoms in total. The summed E-state index contributed by atoms with van der Waals surface area (Å²) in [6.45, 7) is 0. The number of nitrogens with one attached hydrogen (secondary N) is 3. The second-order valence-electron chi connectivity index (χ2n) is 7.56. The van der Waals surface area contributed by atoms with Crippen LogP contribution in [0.2, 0.25) is 0 Å². The minimum Gasteiger partial charge on any atom is -0.481 e. The van der Waals surface area contributed by atoms with Crippen molar-refractivity contribution in [2.75, 3.05) is 5.73 Å². The van der Waals surface area contributed by atoms with Gasteiger partial charge in [0.2, 0.25) is 11.9 Å². The quantitative estimate of drug-likeness (QED) is 0.209. The molecule has 0 aliphatic heterocycles. The zero-order valence-corrected chi connectivity index (χ0v) is 17.7. The average molecular weight is 470 g/mol. The fourth-order valence-corrected chi connectivity index (χ4v) is 3.60. The molecule has 2 aromatic heterocycles. The summed E-state index contributed by atoms with van der Waals surface area (Å²) in [4.78, 5) is 68.0. The Morgan fingerprint density at radius 2 is 1.79 bits per heavy atom. The van der Waals surface area contributed by atoms with Gasteiger partial charge >= 0.3 is 11.9 Å². The van der Waals surface area contributed by atoms with Crippen LogP contribution in [0.1, 0.15) is 46.7 Å². The number of carboxylic acids is 2. The molecule has 13 heteroatoms. The van der Waals surface area contributed by atoms with Crippen LogP contribution in [0.3, 0.4) is 0 Å². The van der Waals surface area contributed by atoms with Crippen molar-refractivity contribution in [1.82, 2.24) is 20.3 Å². The first-order valence-electron chi connectivity index (χ1n) is 10.1. The number of aromatic amines is 2. The van der Waals surface area contributed by atoms with E-state index < -0.39 is 47.7 Å². The summed E-state index contributed by atoms with van der Waals surface area (Å²) in [6, 6.07) is 4.57. The van der Waals surface area contributed by atoms with Crippen molar-refractivity contribution < 1.29 is 29.4 Å². The van der Waals surface area contributed by atoms with Crippen LogP contribution in [0, 0.1) is 0 Å². The molecule has 0 radical (unpaired) electrons. The number of hydrogen-bond acceptors (Lipinski definition) is 7. The van der Waals surface area contributed by atoms with E-state index >= 15 is 0 Å². The fraction of sp³-hybridized carbons (Fsp3) is 0.238. The standard InChI is InChI=1S/C21H22N6O7/c22-14(28)7-11(12-8-24-17-16(12)19(32)27-21(23)26-17)9-1-3-10(4-2-9)18(31)25-13(20(33)34)5-6-15(29)30/h1-4,8,11,13H,5-7H2,(H2,22,28)(H,25,31)(H,29,30)(H,33,34)(H4,23,24,26,27,32)/t11?,13-/m0/s1. The number of hydrogen-bond donors (Lipinski definition) is 7. The number of carbonyl (C=O) groups is 4. The monoisotopic (exact) mass is 470 g/mol. The number of aromatic nitrogens is 3. The van der Waals surface area contributed by atoms with Gasteiger partial charge < -0.3 is 32.0 Å². The van der Waals surface area contributed by atoms with Crippen molar-refractivity contribution >= 4 is 40.7 Å². The van der Waals surface area contributed by atoms with Gasteiger partial charge in [0, 0.05) is 30.5 Å². The van der Waals surface area contributed by atoms with Crippen LogP contribution in [0.15, 0.2) is 35.3 Å². The van der Waals surface area contributed by atoms with Crippen LogP contribution in [-0.4, -0.2) is 55.0 Å². The number of amides is 2. The van der Waals surface area contributed by atoms with Gasteiger partial charge in [0.1, 0.15) is 11.7 Å². The number of nitrogens with zero attached hydrogens (tertiary/aromatic N) is 1. The molecule has 0 aliphatic carbocycles. The van der Waals surface area contributed by atoms with Gasteiger partial charge in [-0.15, -0.1) is 0 Å². The summed E-state index contributed by atoms with van der Waals surface area (Å²) in [7, 11) is 0.